The Morgan fingerprint density at radius 3 is 2.72 bits per heavy atom. The van der Waals surface area contributed by atoms with Gasteiger partial charge in [-0.3, -0.25) is 4.79 Å². The SMILES string of the molecule is COC(=O)c1cc(F)cc(C=CCSC(C)=O)c1. The normalized spacial score (nSPS) is 10.6. The minimum absolute atomic E-state index is 0.0224. The van der Waals surface area contributed by atoms with E-state index in [9.17, 15) is 14.0 Å². The molecular weight excluding hydrogens is 255 g/mol. The molecule has 0 spiro atoms. The van der Waals surface area contributed by atoms with Gasteiger partial charge in [0, 0.05) is 12.7 Å². The molecule has 1 aromatic rings. The van der Waals surface area contributed by atoms with Crippen molar-refractivity contribution in [3.63, 3.8) is 0 Å². The average Bonchev–Trinajstić information content (AvgIpc) is 2.32. The van der Waals surface area contributed by atoms with Crippen LogP contribution in [0.25, 0.3) is 6.08 Å². The monoisotopic (exact) mass is 268 g/mol. The van der Waals surface area contributed by atoms with Crippen molar-refractivity contribution < 1.29 is 18.7 Å². The van der Waals surface area contributed by atoms with Crippen molar-refractivity contribution >= 4 is 28.9 Å². The first-order valence-corrected chi connectivity index (χ1v) is 6.20. The summed E-state index contributed by atoms with van der Waals surface area (Å²) < 4.78 is 17.8. The Morgan fingerprint density at radius 2 is 2.11 bits per heavy atom. The molecule has 0 heterocycles. The highest BCUT2D eigenvalue weighted by Gasteiger charge is 2.07. The van der Waals surface area contributed by atoms with E-state index in [1.807, 2.05) is 0 Å². The van der Waals surface area contributed by atoms with Gasteiger partial charge in [0.2, 0.25) is 0 Å². The van der Waals surface area contributed by atoms with Crippen molar-refractivity contribution in [1.82, 2.24) is 0 Å². The fourth-order valence-electron chi connectivity index (χ4n) is 1.29. The van der Waals surface area contributed by atoms with Crippen LogP contribution in [0.4, 0.5) is 4.39 Å². The lowest BCUT2D eigenvalue weighted by atomic mass is 10.1. The summed E-state index contributed by atoms with van der Waals surface area (Å²) in [6, 6.07) is 3.96. The van der Waals surface area contributed by atoms with Gasteiger partial charge in [0.25, 0.3) is 0 Å². The van der Waals surface area contributed by atoms with E-state index in [0.717, 1.165) is 17.8 Å². The third-order valence-electron chi connectivity index (χ3n) is 2.03. The number of rotatable bonds is 4. The largest absolute Gasteiger partial charge is 0.465 e. The summed E-state index contributed by atoms with van der Waals surface area (Å²) in [5.41, 5.74) is 0.718. The van der Waals surface area contributed by atoms with Gasteiger partial charge in [0.15, 0.2) is 5.12 Å². The number of hydrogen-bond donors (Lipinski definition) is 0. The van der Waals surface area contributed by atoms with Gasteiger partial charge in [-0.15, -0.1) is 0 Å². The van der Waals surface area contributed by atoms with Gasteiger partial charge in [-0.2, -0.15) is 0 Å². The summed E-state index contributed by atoms with van der Waals surface area (Å²) in [5.74, 6) is -0.571. The predicted octanol–water partition coefficient (Wildman–Crippen LogP) is 2.91. The molecule has 0 aliphatic rings. The van der Waals surface area contributed by atoms with Crippen LogP contribution in [0.3, 0.4) is 0 Å². The molecule has 0 atom stereocenters. The van der Waals surface area contributed by atoms with E-state index in [0.29, 0.717) is 11.3 Å². The van der Waals surface area contributed by atoms with Crippen LogP contribution in [-0.4, -0.2) is 23.9 Å². The van der Waals surface area contributed by atoms with Crippen molar-refractivity contribution in [2.24, 2.45) is 0 Å². The second-order valence-electron chi connectivity index (χ2n) is 3.47. The Labute approximate surface area is 109 Å². The molecule has 1 rings (SSSR count). The minimum Gasteiger partial charge on any atom is -0.465 e. The zero-order chi connectivity index (χ0) is 13.5. The zero-order valence-corrected chi connectivity index (χ0v) is 10.9. The van der Waals surface area contributed by atoms with Crippen molar-refractivity contribution in [1.29, 1.82) is 0 Å². The Morgan fingerprint density at radius 1 is 1.39 bits per heavy atom. The van der Waals surface area contributed by atoms with Gasteiger partial charge in [0.05, 0.1) is 12.7 Å². The van der Waals surface area contributed by atoms with Gasteiger partial charge >= 0.3 is 5.97 Å². The number of benzene rings is 1. The summed E-state index contributed by atoms with van der Waals surface area (Å²) in [5, 5.41) is 0.0224. The fraction of sp³-hybridized carbons (Fsp3) is 0.231. The molecule has 0 aliphatic carbocycles. The summed E-state index contributed by atoms with van der Waals surface area (Å²) in [6.07, 6.45) is 3.40. The Hall–Kier alpha value is -1.62. The van der Waals surface area contributed by atoms with Crippen LogP contribution in [0.15, 0.2) is 24.3 Å². The highest BCUT2D eigenvalue weighted by molar-refractivity contribution is 8.13. The molecule has 3 nitrogen and oxygen atoms in total. The lowest BCUT2D eigenvalue weighted by Gasteiger charge is -2.01. The number of carbonyl (C=O) groups is 2. The van der Waals surface area contributed by atoms with Crippen LogP contribution in [-0.2, 0) is 9.53 Å². The Bertz CT molecular complexity index is 483. The molecule has 0 saturated heterocycles. The molecule has 1 aromatic carbocycles. The lowest BCUT2D eigenvalue weighted by molar-refractivity contribution is -0.109. The molecule has 0 unspecified atom stereocenters. The van der Waals surface area contributed by atoms with Gasteiger partial charge < -0.3 is 4.74 Å². The Balaban J connectivity index is 2.80. The second-order valence-corrected chi connectivity index (χ2v) is 4.67. The first-order valence-electron chi connectivity index (χ1n) is 5.21. The highest BCUT2D eigenvalue weighted by Crippen LogP contribution is 2.12. The van der Waals surface area contributed by atoms with Crippen molar-refractivity contribution in [2.75, 3.05) is 12.9 Å². The maximum absolute atomic E-state index is 13.3. The summed E-state index contributed by atoms with van der Waals surface area (Å²) in [4.78, 5) is 22.0. The first kappa shape index (κ1) is 14.4. The van der Waals surface area contributed by atoms with E-state index in [4.69, 9.17) is 0 Å². The number of hydrogen-bond acceptors (Lipinski definition) is 4. The van der Waals surface area contributed by atoms with Crippen LogP contribution < -0.4 is 0 Å². The molecule has 0 aromatic heterocycles. The summed E-state index contributed by atoms with van der Waals surface area (Å²) in [7, 11) is 1.24. The maximum Gasteiger partial charge on any atom is 0.337 e. The standard InChI is InChI=1S/C13H13FO3S/c1-9(15)18-5-3-4-10-6-11(13(16)17-2)8-12(14)7-10/h3-4,6-8H,5H2,1-2H3. The molecule has 0 radical (unpaired) electrons. The lowest BCUT2D eigenvalue weighted by Crippen LogP contribution is -2.02. The summed E-state index contributed by atoms with van der Waals surface area (Å²) >= 11 is 1.16. The minimum atomic E-state index is -0.581. The van der Waals surface area contributed by atoms with E-state index in [-0.39, 0.29) is 10.7 Å². The van der Waals surface area contributed by atoms with Crippen LogP contribution in [0.1, 0.15) is 22.8 Å². The number of methoxy groups -OCH3 is 1. The number of ether oxygens (including phenoxy) is 1. The van der Waals surface area contributed by atoms with E-state index >= 15 is 0 Å². The van der Waals surface area contributed by atoms with Gasteiger partial charge in [-0.1, -0.05) is 23.9 Å². The van der Waals surface area contributed by atoms with Crippen LogP contribution in [0.5, 0.6) is 0 Å². The third-order valence-corrected chi connectivity index (χ3v) is 2.80. The molecule has 0 saturated carbocycles. The van der Waals surface area contributed by atoms with Crippen LogP contribution in [0.2, 0.25) is 0 Å². The first-order chi connectivity index (χ1) is 8.52. The summed E-state index contributed by atoms with van der Waals surface area (Å²) in [6.45, 7) is 1.48. The fourth-order valence-corrected chi connectivity index (χ4v) is 1.72. The molecule has 96 valence electrons. The van der Waals surface area contributed by atoms with Gasteiger partial charge in [-0.05, 0) is 23.8 Å². The topological polar surface area (TPSA) is 43.4 Å². The van der Waals surface area contributed by atoms with E-state index in [2.05, 4.69) is 4.74 Å². The molecule has 0 aliphatic heterocycles. The Kier molecular flexibility index (Phi) is 5.58. The molecule has 0 N–H and O–H groups in total. The van der Waals surface area contributed by atoms with E-state index in [1.165, 1.54) is 26.2 Å². The smallest absolute Gasteiger partial charge is 0.337 e. The number of carbonyl (C=O) groups excluding carboxylic acids is 2. The predicted molar refractivity (Wildman–Crippen MR) is 69.9 cm³/mol. The van der Waals surface area contributed by atoms with Gasteiger partial charge in [0.1, 0.15) is 5.82 Å². The molecule has 5 heteroatoms. The zero-order valence-electron chi connectivity index (χ0n) is 10.1. The van der Waals surface area contributed by atoms with Crippen LogP contribution in [0, 0.1) is 5.82 Å². The molecule has 18 heavy (non-hydrogen) atoms. The highest BCUT2D eigenvalue weighted by atomic mass is 32.2. The van der Waals surface area contributed by atoms with Crippen molar-refractivity contribution in [2.45, 2.75) is 6.92 Å². The molecule has 0 fully saturated rings. The van der Waals surface area contributed by atoms with Crippen molar-refractivity contribution in [3.8, 4) is 0 Å². The number of thioether (sulfide) groups is 1. The molecule has 0 amide bonds. The third kappa shape index (κ3) is 4.71. The van der Waals surface area contributed by atoms with Crippen LogP contribution >= 0.6 is 11.8 Å². The maximum atomic E-state index is 13.3. The number of esters is 1. The molecular formula is C13H13FO3S. The van der Waals surface area contributed by atoms with E-state index < -0.39 is 11.8 Å². The quantitative estimate of drug-likeness (QED) is 0.787. The van der Waals surface area contributed by atoms with Crippen molar-refractivity contribution in [3.05, 3.63) is 41.2 Å². The van der Waals surface area contributed by atoms with E-state index in [1.54, 1.807) is 12.2 Å². The van der Waals surface area contributed by atoms with Gasteiger partial charge in [-0.25, -0.2) is 9.18 Å². The number of halogens is 1. The molecule has 0 bridgehead atoms. The average molecular weight is 268 g/mol. The second kappa shape index (κ2) is 6.96.